The van der Waals surface area contributed by atoms with Crippen LogP contribution >= 0.6 is 15.9 Å². The van der Waals surface area contributed by atoms with Crippen LogP contribution in [0.4, 0.5) is 0 Å². The number of alkyl halides is 1. The topological polar surface area (TPSA) is 52.6 Å². The average Bonchev–Trinajstić information content (AvgIpc) is 2.31. The van der Waals surface area contributed by atoms with Gasteiger partial charge >= 0.3 is 11.9 Å². The average molecular weight is 323 g/mol. The Kier molecular flexibility index (Phi) is 10.0. The van der Waals surface area contributed by atoms with Crippen LogP contribution in [0, 0.1) is 0 Å². The van der Waals surface area contributed by atoms with Crippen molar-refractivity contribution in [2.45, 2.75) is 63.3 Å². The van der Waals surface area contributed by atoms with Gasteiger partial charge in [0.15, 0.2) is 0 Å². The molecule has 2 unspecified atom stereocenters. The maximum atomic E-state index is 11.1. The molecule has 0 bridgehead atoms. The Morgan fingerprint density at radius 2 is 1.67 bits per heavy atom. The predicted molar refractivity (Wildman–Crippen MR) is 73.7 cm³/mol. The summed E-state index contributed by atoms with van der Waals surface area (Å²) in [5.41, 5.74) is 0. The molecule has 5 heteroatoms. The Hall–Kier alpha value is -0.580. The number of unbranched alkanes of at least 4 members (excludes halogenated alkanes) is 3. The van der Waals surface area contributed by atoms with Crippen molar-refractivity contribution in [1.29, 1.82) is 0 Å². The molecule has 0 rings (SSSR count). The van der Waals surface area contributed by atoms with Crippen LogP contribution in [0.1, 0.15) is 52.4 Å². The van der Waals surface area contributed by atoms with Gasteiger partial charge in [0.25, 0.3) is 0 Å². The van der Waals surface area contributed by atoms with Crippen molar-refractivity contribution in [3.63, 3.8) is 0 Å². The monoisotopic (exact) mass is 322 g/mol. The van der Waals surface area contributed by atoms with E-state index in [2.05, 4.69) is 20.7 Å². The van der Waals surface area contributed by atoms with Crippen LogP contribution in [0.25, 0.3) is 0 Å². The number of carbonyl (C=O) groups is 2. The maximum Gasteiger partial charge on any atom is 0.319 e. The minimum absolute atomic E-state index is 0.00138. The standard InChI is InChI=1S/C13H23BrO4/c1-10(18-11(2)15)8-6-4-5-7-9-12(14)13(16)17-3/h10,12H,4-9H2,1-3H3. The number of methoxy groups -OCH3 is 1. The van der Waals surface area contributed by atoms with Crippen molar-refractivity contribution < 1.29 is 19.1 Å². The molecule has 0 aliphatic carbocycles. The molecule has 0 aromatic carbocycles. The molecule has 0 aliphatic heterocycles. The first-order valence-electron chi connectivity index (χ1n) is 6.36. The van der Waals surface area contributed by atoms with E-state index in [1.807, 2.05) is 6.92 Å². The van der Waals surface area contributed by atoms with Crippen molar-refractivity contribution in [2.24, 2.45) is 0 Å². The molecule has 4 nitrogen and oxygen atoms in total. The molecule has 0 saturated carbocycles. The Bertz CT molecular complexity index is 255. The molecule has 0 N–H and O–H groups in total. The quantitative estimate of drug-likeness (QED) is 0.371. The first kappa shape index (κ1) is 17.4. The van der Waals surface area contributed by atoms with Gasteiger partial charge in [-0.1, -0.05) is 35.2 Å². The molecule has 0 aliphatic rings. The van der Waals surface area contributed by atoms with Gasteiger partial charge in [0.1, 0.15) is 4.83 Å². The summed E-state index contributed by atoms with van der Waals surface area (Å²) < 4.78 is 9.66. The summed E-state index contributed by atoms with van der Waals surface area (Å²) in [5, 5.41) is 0. The summed E-state index contributed by atoms with van der Waals surface area (Å²) in [7, 11) is 1.40. The van der Waals surface area contributed by atoms with Gasteiger partial charge < -0.3 is 9.47 Å². The summed E-state index contributed by atoms with van der Waals surface area (Å²) in [6.45, 7) is 3.34. The third kappa shape index (κ3) is 9.45. The second-order valence-corrected chi connectivity index (χ2v) is 5.51. The van der Waals surface area contributed by atoms with Gasteiger partial charge in [-0.15, -0.1) is 0 Å². The van der Waals surface area contributed by atoms with Crippen LogP contribution in [0.5, 0.6) is 0 Å². The highest BCUT2D eigenvalue weighted by atomic mass is 79.9. The molecular formula is C13H23BrO4. The second kappa shape index (κ2) is 10.4. The summed E-state index contributed by atoms with van der Waals surface area (Å²) in [6, 6.07) is 0. The third-order valence-electron chi connectivity index (χ3n) is 2.64. The lowest BCUT2D eigenvalue weighted by Gasteiger charge is -2.11. The zero-order valence-corrected chi connectivity index (χ0v) is 13.0. The van der Waals surface area contributed by atoms with Crippen LogP contribution in [-0.2, 0) is 19.1 Å². The maximum absolute atomic E-state index is 11.1. The summed E-state index contributed by atoms with van der Waals surface area (Å²) in [5.74, 6) is -0.429. The fraction of sp³-hybridized carbons (Fsp3) is 0.846. The highest BCUT2D eigenvalue weighted by molar-refractivity contribution is 9.10. The predicted octanol–water partition coefficient (Wildman–Crippen LogP) is 3.22. The molecule has 18 heavy (non-hydrogen) atoms. The molecule has 0 spiro atoms. The number of halogens is 1. The fourth-order valence-electron chi connectivity index (χ4n) is 1.70. The first-order valence-corrected chi connectivity index (χ1v) is 7.28. The number of carbonyl (C=O) groups excluding carboxylic acids is 2. The van der Waals surface area contributed by atoms with E-state index >= 15 is 0 Å². The van der Waals surface area contributed by atoms with Gasteiger partial charge in [0.05, 0.1) is 13.2 Å². The number of ether oxygens (including phenoxy) is 2. The number of hydrogen-bond acceptors (Lipinski definition) is 4. The second-order valence-electron chi connectivity index (χ2n) is 4.40. The van der Waals surface area contributed by atoms with Gasteiger partial charge in [0, 0.05) is 6.92 Å². The van der Waals surface area contributed by atoms with E-state index in [0.29, 0.717) is 0 Å². The lowest BCUT2D eigenvalue weighted by molar-refractivity contribution is -0.145. The zero-order valence-electron chi connectivity index (χ0n) is 11.4. The molecule has 0 saturated heterocycles. The lowest BCUT2D eigenvalue weighted by atomic mass is 10.1. The molecule has 0 aromatic rings. The van der Waals surface area contributed by atoms with E-state index in [0.717, 1.165) is 38.5 Å². The summed E-state index contributed by atoms with van der Waals surface area (Å²) >= 11 is 3.29. The van der Waals surface area contributed by atoms with E-state index in [-0.39, 0.29) is 22.9 Å². The molecular weight excluding hydrogens is 300 g/mol. The molecule has 106 valence electrons. The van der Waals surface area contributed by atoms with E-state index in [1.165, 1.54) is 14.0 Å². The largest absolute Gasteiger partial charge is 0.468 e. The van der Waals surface area contributed by atoms with Gasteiger partial charge in [-0.25, -0.2) is 0 Å². The van der Waals surface area contributed by atoms with Crippen molar-refractivity contribution in [3.05, 3.63) is 0 Å². The van der Waals surface area contributed by atoms with Crippen LogP contribution in [-0.4, -0.2) is 30.0 Å². The van der Waals surface area contributed by atoms with Crippen LogP contribution in [0.3, 0.4) is 0 Å². The highest BCUT2D eigenvalue weighted by Gasteiger charge is 2.13. The summed E-state index contributed by atoms with van der Waals surface area (Å²) in [4.78, 5) is 21.6. The van der Waals surface area contributed by atoms with Crippen molar-refractivity contribution in [3.8, 4) is 0 Å². The first-order chi connectivity index (χ1) is 8.47. The van der Waals surface area contributed by atoms with Gasteiger partial charge in [-0.2, -0.15) is 0 Å². The number of esters is 2. The molecule has 0 fully saturated rings. The Balaban J connectivity index is 3.41. The van der Waals surface area contributed by atoms with Gasteiger partial charge in [0.2, 0.25) is 0 Å². The molecule has 0 aromatic heterocycles. The fourth-order valence-corrected chi connectivity index (χ4v) is 2.21. The van der Waals surface area contributed by atoms with Gasteiger partial charge in [-0.3, -0.25) is 9.59 Å². The van der Waals surface area contributed by atoms with Crippen molar-refractivity contribution in [2.75, 3.05) is 7.11 Å². The van der Waals surface area contributed by atoms with Gasteiger partial charge in [-0.05, 0) is 26.2 Å². The van der Waals surface area contributed by atoms with Crippen LogP contribution < -0.4 is 0 Å². The van der Waals surface area contributed by atoms with E-state index in [4.69, 9.17) is 4.74 Å². The van der Waals surface area contributed by atoms with E-state index < -0.39 is 0 Å². The smallest absolute Gasteiger partial charge is 0.319 e. The Morgan fingerprint density at radius 3 is 2.17 bits per heavy atom. The number of hydrogen-bond donors (Lipinski definition) is 0. The lowest BCUT2D eigenvalue weighted by Crippen LogP contribution is -2.15. The minimum Gasteiger partial charge on any atom is -0.468 e. The molecule has 0 amide bonds. The van der Waals surface area contributed by atoms with Crippen LogP contribution in [0.15, 0.2) is 0 Å². The summed E-state index contributed by atoms with van der Waals surface area (Å²) in [6.07, 6.45) is 5.90. The third-order valence-corrected chi connectivity index (χ3v) is 3.47. The number of rotatable bonds is 9. The van der Waals surface area contributed by atoms with E-state index in [1.54, 1.807) is 0 Å². The normalized spacial score (nSPS) is 13.8. The SMILES string of the molecule is COC(=O)C(Br)CCCCCCC(C)OC(C)=O. The van der Waals surface area contributed by atoms with Crippen LogP contribution in [0.2, 0.25) is 0 Å². The molecule has 0 heterocycles. The zero-order chi connectivity index (χ0) is 14.0. The Labute approximate surface area is 118 Å². The minimum atomic E-state index is -0.220. The van der Waals surface area contributed by atoms with E-state index in [9.17, 15) is 9.59 Å². The molecule has 0 radical (unpaired) electrons. The molecule has 2 atom stereocenters. The highest BCUT2D eigenvalue weighted by Crippen LogP contribution is 2.14. The Morgan fingerprint density at radius 1 is 1.11 bits per heavy atom. The van der Waals surface area contributed by atoms with Crippen molar-refractivity contribution in [1.82, 2.24) is 0 Å². The van der Waals surface area contributed by atoms with Crippen molar-refractivity contribution >= 4 is 27.9 Å².